The van der Waals surface area contributed by atoms with Gasteiger partial charge < -0.3 is 15.1 Å². The molecule has 0 aromatic carbocycles. The van der Waals surface area contributed by atoms with Gasteiger partial charge in [-0.2, -0.15) is 11.8 Å². The van der Waals surface area contributed by atoms with E-state index in [4.69, 9.17) is 4.42 Å². The summed E-state index contributed by atoms with van der Waals surface area (Å²) in [4.78, 5) is 0. The summed E-state index contributed by atoms with van der Waals surface area (Å²) in [5, 5.41) is 14.2. The lowest BCUT2D eigenvalue weighted by Crippen LogP contribution is -2.13. The van der Waals surface area contributed by atoms with Crippen LogP contribution in [-0.4, -0.2) is 34.8 Å². The first-order chi connectivity index (χ1) is 8.36. The van der Waals surface area contributed by atoms with Crippen molar-refractivity contribution in [1.29, 1.82) is 0 Å². The molecule has 17 heavy (non-hydrogen) atoms. The van der Waals surface area contributed by atoms with E-state index in [9.17, 15) is 0 Å². The molecule has 0 spiro atoms. The minimum Gasteiger partial charge on any atom is -0.407 e. The van der Waals surface area contributed by atoms with Gasteiger partial charge >= 0.3 is 6.01 Å². The van der Waals surface area contributed by atoms with Crippen LogP contribution in [0.2, 0.25) is 0 Å². The highest BCUT2D eigenvalue weighted by Crippen LogP contribution is 2.06. The maximum absolute atomic E-state index is 5.43. The van der Waals surface area contributed by atoms with E-state index >= 15 is 0 Å². The van der Waals surface area contributed by atoms with Crippen molar-refractivity contribution >= 4 is 17.8 Å². The van der Waals surface area contributed by atoms with Gasteiger partial charge in [-0.25, -0.2) is 0 Å². The maximum atomic E-state index is 5.43. The number of rotatable bonds is 10. The molecule has 0 saturated carbocycles. The van der Waals surface area contributed by atoms with Crippen molar-refractivity contribution in [3.05, 3.63) is 5.89 Å². The van der Waals surface area contributed by atoms with E-state index in [1.165, 1.54) is 11.5 Å². The molecule has 1 rings (SSSR count). The molecule has 1 aromatic rings. The number of nitrogens with one attached hydrogen (secondary N) is 2. The number of hydrogen-bond acceptors (Lipinski definition) is 6. The lowest BCUT2D eigenvalue weighted by atomic mass is 10.5. The number of aromatic nitrogens is 2. The predicted octanol–water partition coefficient (Wildman–Crippen LogP) is 2.12. The third-order valence-corrected chi connectivity index (χ3v) is 3.10. The summed E-state index contributed by atoms with van der Waals surface area (Å²) < 4.78 is 5.43. The summed E-state index contributed by atoms with van der Waals surface area (Å²) in [5.74, 6) is 2.99. The summed E-state index contributed by atoms with van der Waals surface area (Å²) in [6.07, 6.45) is 2.22. The van der Waals surface area contributed by atoms with Crippen LogP contribution in [0.3, 0.4) is 0 Å². The fourth-order valence-corrected chi connectivity index (χ4v) is 1.92. The zero-order valence-electron chi connectivity index (χ0n) is 10.7. The van der Waals surface area contributed by atoms with Gasteiger partial charge in [0, 0.05) is 6.54 Å². The molecular weight excluding hydrogens is 236 g/mol. The first kappa shape index (κ1) is 14.3. The van der Waals surface area contributed by atoms with E-state index < -0.39 is 0 Å². The summed E-state index contributed by atoms with van der Waals surface area (Å²) >= 11 is 1.95. The summed E-state index contributed by atoms with van der Waals surface area (Å²) in [7, 11) is 0. The maximum Gasteiger partial charge on any atom is 0.315 e. The number of thioether (sulfide) groups is 1. The third kappa shape index (κ3) is 6.53. The molecule has 6 heteroatoms. The Labute approximate surface area is 107 Å². The Hall–Kier alpha value is -0.750. The Balaban J connectivity index is 2.12. The van der Waals surface area contributed by atoms with Gasteiger partial charge in [-0.3, -0.25) is 0 Å². The van der Waals surface area contributed by atoms with Gasteiger partial charge in [-0.15, -0.1) is 5.10 Å². The number of hydrogen-bond donors (Lipinski definition) is 2. The van der Waals surface area contributed by atoms with E-state index in [1.54, 1.807) is 0 Å². The van der Waals surface area contributed by atoms with E-state index in [-0.39, 0.29) is 0 Å². The molecule has 0 unspecified atom stereocenters. The smallest absolute Gasteiger partial charge is 0.315 e. The van der Waals surface area contributed by atoms with Crippen molar-refractivity contribution in [3.63, 3.8) is 0 Å². The van der Waals surface area contributed by atoms with Gasteiger partial charge in [0.25, 0.3) is 0 Å². The Morgan fingerprint density at radius 1 is 1.24 bits per heavy atom. The zero-order chi connectivity index (χ0) is 12.3. The molecule has 0 aliphatic heterocycles. The van der Waals surface area contributed by atoms with Crippen LogP contribution < -0.4 is 10.6 Å². The second-order valence-corrected chi connectivity index (χ2v) is 5.05. The molecular formula is C11H22N4OS. The Morgan fingerprint density at radius 3 is 2.88 bits per heavy atom. The molecule has 0 radical (unpaired) electrons. The fourth-order valence-electron chi connectivity index (χ4n) is 1.28. The Kier molecular flexibility index (Phi) is 7.83. The van der Waals surface area contributed by atoms with Gasteiger partial charge in [0.05, 0.1) is 6.54 Å². The summed E-state index contributed by atoms with van der Waals surface area (Å²) in [5.41, 5.74) is 0. The minimum atomic E-state index is 0.528. The van der Waals surface area contributed by atoms with Gasteiger partial charge in [0.15, 0.2) is 0 Å². The van der Waals surface area contributed by atoms with Crippen molar-refractivity contribution in [2.24, 2.45) is 0 Å². The highest BCUT2D eigenvalue weighted by Gasteiger charge is 2.03. The average Bonchev–Trinajstić information content (AvgIpc) is 2.77. The fraction of sp³-hybridized carbons (Fsp3) is 0.818. The van der Waals surface area contributed by atoms with E-state index in [1.807, 2.05) is 11.8 Å². The monoisotopic (exact) mass is 258 g/mol. The molecule has 5 nitrogen and oxygen atoms in total. The van der Waals surface area contributed by atoms with Crippen LogP contribution in [0.1, 0.15) is 32.6 Å². The van der Waals surface area contributed by atoms with Gasteiger partial charge in [-0.1, -0.05) is 18.9 Å². The first-order valence-corrected chi connectivity index (χ1v) is 7.37. The summed E-state index contributed by atoms with van der Waals surface area (Å²) in [6, 6.07) is 0.528. The lowest BCUT2D eigenvalue weighted by molar-refractivity contribution is 0.477. The van der Waals surface area contributed by atoms with Crippen LogP contribution in [0, 0.1) is 0 Å². The second-order valence-electron chi connectivity index (χ2n) is 3.65. The predicted molar refractivity (Wildman–Crippen MR) is 72.4 cm³/mol. The van der Waals surface area contributed by atoms with Crippen molar-refractivity contribution in [1.82, 2.24) is 15.5 Å². The topological polar surface area (TPSA) is 63.0 Å². The number of anilines is 1. The molecule has 0 aliphatic carbocycles. The normalized spacial score (nSPS) is 10.7. The van der Waals surface area contributed by atoms with Crippen LogP contribution in [0.4, 0.5) is 6.01 Å². The quantitative estimate of drug-likeness (QED) is 0.627. The highest BCUT2D eigenvalue weighted by molar-refractivity contribution is 7.99. The molecule has 0 aliphatic rings. The molecule has 0 fully saturated rings. The van der Waals surface area contributed by atoms with Crippen LogP contribution in [0.5, 0.6) is 0 Å². The molecule has 0 bridgehead atoms. The van der Waals surface area contributed by atoms with Gasteiger partial charge in [-0.05, 0) is 30.9 Å². The van der Waals surface area contributed by atoms with Crippen molar-refractivity contribution in [2.75, 3.05) is 29.9 Å². The van der Waals surface area contributed by atoms with Crippen molar-refractivity contribution in [3.8, 4) is 0 Å². The van der Waals surface area contributed by atoms with Crippen LogP contribution >= 0.6 is 11.8 Å². The zero-order valence-corrected chi connectivity index (χ0v) is 11.5. The SMILES string of the molecule is CCCNCc1nnc(NCCCSCC)o1. The Bertz CT molecular complexity index is 293. The van der Waals surface area contributed by atoms with E-state index in [0.717, 1.165) is 25.9 Å². The van der Waals surface area contributed by atoms with Crippen LogP contribution in [-0.2, 0) is 6.54 Å². The molecule has 2 N–H and O–H groups in total. The lowest BCUT2D eigenvalue weighted by Gasteiger charge is -2.00. The second kappa shape index (κ2) is 9.30. The van der Waals surface area contributed by atoms with Crippen LogP contribution in [0.15, 0.2) is 4.42 Å². The molecule has 0 amide bonds. The molecule has 98 valence electrons. The molecule has 1 heterocycles. The van der Waals surface area contributed by atoms with Crippen molar-refractivity contribution in [2.45, 2.75) is 33.2 Å². The number of nitrogens with zero attached hydrogens (tertiary/aromatic N) is 2. The first-order valence-electron chi connectivity index (χ1n) is 6.21. The minimum absolute atomic E-state index is 0.528. The van der Waals surface area contributed by atoms with Crippen LogP contribution in [0.25, 0.3) is 0 Å². The van der Waals surface area contributed by atoms with E-state index in [2.05, 4.69) is 34.7 Å². The third-order valence-electron chi connectivity index (χ3n) is 2.12. The average molecular weight is 258 g/mol. The van der Waals surface area contributed by atoms with Gasteiger partial charge in [0.2, 0.25) is 5.89 Å². The largest absolute Gasteiger partial charge is 0.407 e. The van der Waals surface area contributed by atoms with E-state index in [0.29, 0.717) is 18.5 Å². The standard InChI is InChI=1S/C11H22N4OS/c1-3-6-12-9-10-14-15-11(16-10)13-7-5-8-17-4-2/h12H,3-9H2,1-2H3,(H,13,15). The molecule has 0 saturated heterocycles. The highest BCUT2D eigenvalue weighted by atomic mass is 32.2. The van der Waals surface area contributed by atoms with Gasteiger partial charge in [0.1, 0.15) is 0 Å². The molecule has 0 atom stereocenters. The molecule has 1 aromatic heterocycles. The Morgan fingerprint density at radius 2 is 2.12 bits per heavy atom. The summed E-state index contributed by atoms with van der Waals surface area (Å²) in [6.45, 7) is 6.80. The van der Waals surface area contributed by atoms with Crippen molar-refractivity contribution < 1.29 is 4.42 Å².